The van der Waals surface area contributed by atoms with Crippen LogP contribution in [0.5, 0.6) is 0 Å². The van der Waals surface area contributed by atoms with E-state index in [0.29, 0.717) is 52.3 Å². The quantitative estimate of drug-likeness (QED) is 0.285. The second-order valence-electron chi connectivity index (χ2n) is 9.60. The van der Waals surface area contributed by atoms with Crippen molar-refractivity contribution in [2.45, 2.75) is 25.7 Å². The zero-order valence-electron chi connectivity index (χ0n) is 22.2. The number of aromatic nitrogens is 2. The molecule has 4 aromatic rings. The van der Waals surface area contributed by atoms with Gasteiger partial charge in [0.25, 0.3) is 0 Å². The molecule has 39 heavy (non-hydrogen) atoms. The van der Waals surface area contributed by atoms with Gasteiger partial charge in [-0.2, -0.15) is 0 Å². The molecule has 2 aromatic heterocycles. The number of allylic oxidation sites excluding steroid dienone is 1. The number of anilines is 3. The lowest BCUT2D eigenvalue weighted by molar-refractivity contribution is 0.122. The summed E-state index contributed by atoms with van der Waals surface area (Å²) in [5.74, 6) is -0.536. The van der Waals surface area contributed by atoms with Gasteiger partial charge in [-0.3, -0.25) is 4.98 Å². The van der Waals surface area contributed by atoms with E-state index in [1.54, 1.807) is 55.7 Å². The van der Waals surface area contributed by atoms with Gasteiger partial charge in [0.1, 0.15) is 5.82 Å². The van der Waals surface area contributed by atoms with Crippen molar-refractivity contribution in [1.29, 1.82) is 0 Å². The SMILES string of the molecule is CC=CCS(=O)(=O)c1ccc(C)cc1-c1nc2cccc(F)c2c(Nc2cncc(N3CCOCC3)c2)c1C. The molecule has 0 amide bonds. The molecule has 0 aliphatic carbocycles. The maximum absolute atomic E-state index is 15.3. The second-order valence-corrected chi connectivity index (χ2v) is 11.6. The van der Waals surface area contributed by atoms with Crippen LogP contribution in [0.25, 0.3) is 22.2 Å². The number of sulfone groups is 1. The predicted molar refractivity (Wildman–Crippen MR) is 154 cm³/mol. The van der Waals surface area contributed by atoms with E-state index >= 15 is 4.39 Å². The first-order valence-corrected chi connectivity index (χ1v) is 14.5. The van der Waals surface area contributed by atoms with E-state index in [0.717, 1.165) is 24.3 Å². The van der Waals surface area contributed by atoms with Crippen molar-refractivity contribution in [1.82, 2.24) is 9.97 Å². The molecule has 3 heterocycles. The van der Waals surface area contributed by atoms with Crippen molar-refractivity contribution in [2.24, 2.45) is 0 Å². The molecule has 1 saturated heterocycles. The Kier molecular flexibility index (Phi) is 7.63. The summed E-state index contributed by atoms with van der Waals surface area (Å²) in [6, 6.07) is 12.0. The summed E-state index contributed by atoms with van der Waals surface area (Å²) < 4.78 is 47.4. The van der Waals surface area contributed by atoms with Crippen molar-refractivity contribution < 1.29 is 17.5 Å². The lowest BCUT2D eigenvalue weighted by Gasteiger charge is -2.28. The maximum atomic E-state index is 15.3. The minimum Gasteiger partial charge on any atom is -0.378 e. The van der Waals surface area contributed by atoms with Gasteiger partial charge in [-0.15, -0.1) is 0 Å². The van der Waals surface area contributed by atoms with E-state index in [1.165, 1.54) is 6.07 Å². The van der Waals surface area contributed by atoms with Gasteiger partial charge in [-0.1, -0.05) is 29.8 Å². The van der Waals surface area contributed by atoms with Crippen LogP contribution in [0, 0.1) is 19.7 Å². The smallest absolute Gasteiger partial charge is 0.182 e. The number of pyridine rings is 2. The zero-order valence-corrected chi connectivity index (χ0v) is 23.1. The molecule has 0 radical (unpaired) electrons. The van der Waals surface area contributed by atoms with Crippen molar-refractivity contribution in [3.05, 3.63) is 84.0 Å². The van der Waals surface area contributed by atoms with E-state index in [9.17, 15) is 8.42 Å². The van der Waals surface area contributed by atoms with Gasteiger partial charge in [-0.05, 0) is 56.7 Å². The monoisotopic (exact) mass is 546 g/mol. The van der Waals surface area contributed by atoms with Gasteiger partial charge in [0.05, 0.1) is 69.9 Å². The first-order chi connectivity index (χ1) is 18.8. The number of fused-ring (bicyclic) bond motifs is 1. The topological polar surface area (TPSA) is 84.4 Å². The Balaban J connectivity index is 1.68. The third-order valence-corrected chi connectivity index (χ3v) is 8.51. The summed E-state index contributed by atoms with van der Waals surface area (Å²) in [6.45, 7) is 8.35. The fourth-order valence-electron chi connectivity index (χ4n) is 4.83. The number of hydrogen-bond donors (Lipinski definition) is 1. The molecule has 9 heteroatoms. The number of halogens is 1. The minimum absolute atomic E-state index is 0.119. The number of morpholine rings is 1. The molecule has 1 fully saturated rings. The van der Waals surface area contributed by atoms with Crippen molar-refractivity contribution >= 4 is 37.8 Å². The predicted octanol–water partition coefficient (Wildman–Crippen LogP) is 5.98. The summed E-state index contributed by atoms with van der Waals surface area (Å²) in [5, 5.41) is 3.73. The highest BCUT2D eigenvalue weighted by Gasteiger charge is 2.24. The van der Waals surface area contributed by atoms with Crippen LogP contribution in [0.15, 0.2) is 71.9 Å². The van der Waals surface area contributed by atoms with Crippen LogP contribution in [-0.4, -0.2) is 50.4 Å². The Morgan fingerprint density at radius 2 is 1.90 bits per heavy atom. The van der Waals surface area contributed by atoms with Gasteiger partial charge in [0.2, 0.25) is 0 Å². The average Bonchev–Trinajstić information content (AvgIpc) is 2.94. The Hall–Kier alpha value is -3.82. The van der Waals surface area contributed by atoms with Crippen molar-refractivity contribution in [3.8, 4) is 11.3 Å². The molecule has 1 aliphatic rings. The van der Waals surface area contributed by atoms with Crippen LogP contribution < -0.4 is 10.2 Å². The lowest BCUT2D eigenvalue weighted by atomic mass is 10.00. The number of hydrogen-bond acceptors (Lipinski definition) is 7. The molecule has 0 saturated carbocycles. The Labute approximate surface area is 228 Å². The van der Waals surface area contributed by atoms with Gasteiger partial charge >= 0.3 is 0 Å². The largest absolute Gasteiger partial charge is 0.378 e. The molecule has 1 N–H and O–H groups in total. The molecule has 2 aromatic carbocycles. The van der Waals surface area contributed by atoms with E-state index in [2.05, 4.69) is 15.2 Å². The molecular formula is C30H31FN4O3S. The standard InChI is InChI=1S/C30H31FN4O3S/c1-4-5-15-39(36,37)27-10-9-20(2)16-24(27)29-21(3)30(28-25(31)7-6-8-26(28)34-29)33-22-17-23(19-32-18-22)35-11-13-38-14-12-35/h4-10,16-19H,11-15H2,1-3H3,(H,33,34). The van der Waals surface area contributed by atoms with Crippen LogP contribution in [0.4, 0.5) is 21.5 Å². The molecule has 0 bridgehead atoms. The summed E-state index contributed by atoms with van der Waals surface area (Å²) in [4.78, 5) is 11.6. The number of nitrogens with zero attached hydrogens (tertiary/aromatic N) is 3. The van der Waals surface area contributed by atoms with E-state index < -0.39 is 15.7 Å². The lowest BCUT2D eigenvalue weighted by Crippen LogP contribution is -2.36. The molecule has 0 spiro atoms. The molecule has 0 atom stereocenters. The summed E-state index contributed by atoms with van der Waals surface area (Å²) in [7, 11) is -3.63. The molecule has 202 valence electrons. The Morgan fingerprint density at radius 3 is 2.67 bits per heavy atom. The average molecular weight is 547 g/mol. The van der Waals surface area contributed by atoms with Crippen LogP contribution in [0.1, 0.15) is 18.1 Å². The third-order valence-electron chi connectivity index (χ3n) is 6.85. The van der Waals surface area contributed by atoms with Gasteiger partial charge < -0.3 is 15.0 Å². The number of benzene rings is 2. The fraction of sp³-hybridized carbons (Fsp3) is 0.267. The minimum atomic E-state index is -3.63. The zero-order chi connectivity index (χ0) is 27.6. The summed E-state index contributed by atoms with van der Waals surface area (Å²) in [6.07, 6.45) is 6.83. The first-order valence-electron chi connectivity index (χ1n) is 12.9. The fourth-order valence-corrected chi connectivity index (χ4v) is 6.22. The molecule has 1 aliphatic heterocycles. The van der Waals surface area contributed by atoms with Crippen LogP contribution in [0.2, 0.25) is 0 Å². The Morgan fingerprint density at radius 1 is 1.10 bits per heavy atom. The van der Waals surface area contributed by atoms with Gasteiger partial charge in [0.15, 0.2) is 9.84 Å². The van der Waals surface area contributed by atoms with Crippen LogP contribution in [0.3, 0.4) is 0 Å². The van der Waals surface area contributed by atoms with E-state index in [4.69, 9.17) is 9.72 Å². The van der Waals surface area contributed by atoms with Crippen molar-refractivity contribution in [2.75, 3.05) is 42.3 Å². The van der Waals surface area contributed by atoms with Gasteiger partial charge in [0, 0.05) is 18.7 Å². The van der Waals surface area contributed by atoms with E-state index in [-0.39, 0.29) is 10.6 Å². The highest BCUT2D eigenvalue weighted by Crippen LogP contribution is 2.39. The summed E-state index contributed by atoms with van der Waals surface area (Å²) in [5.41, 5.74) is 5.08. The van der Waals surface area contributed by atoms with Crippen LogP contribution >= 0.6 is 0 Å². The maximum Gasteiger partial charge on any atom is 0.182 e. The van der Waals surface area contributed by atoms with E-state index in [1.807, 2.05) is 26.0 Å². The molecular weight excluding hydrogens is 515 g/mol. The summed E-state index contributed by atoms with van der Waals surface area (Å²) >= 11 is 0. The second kappa shape index (κ2) is 11.1. The number of ether oxygens (including phenoxy) is 1. The Bertz CT molecular complexity index is 1660. The van der Waals surface area contributed by atoms with Gasteiger partial charge in [-0.25, -0.2) is 17.8 Å². The number of aryl methyl sites for hydroxylation is 1. The van der Waals surface area contributed by atoms with Crippen molar-refractivity contribution in [3.63, 3.8) is 0 Å². The first kappa shape index (κ1) is 26.8. The third kappa shape index (κ3) is 5.51. The number of rotatable bonds is 7. The number of nitrogens with one attached hydrogen (secondary N) is 1. The molecule has 7 nitrogen and oxygen atoms in total. The van der Waals surface area contributed by atoms with Crippen LogP contribution in [-0.2, 0) is 14.6 Å². The molecule has 5 rings (SSSR count). The normalized spacial score (nSPS) is 14.3. The highest BCUT2D eigenvalue weighted by molar-refractivity contribution is 7.91. The highest BCUT2D eigenvalue weighted by atomic mass is 32.2. The molecule has 0 unspecified atom stereocenters.